The van der Waals surface area contributed by atoms with E-state index in [-0.39, 0.29) is 25.4 Å². The molecule has 0 bridgehead atoms. The maximum atomic E-state index is 11.6. The van der Waals surface area contributed by atoms with E-state index in [2.05, 4.69) is 10.1 Å². The Morgan fingerprint density at radius 1 is 1.36 bits per heavy atom. The van der Waals surface area contributed by atoms with Crippen molar-refractivity contribution in [2.75, 3.05) is 20.2 Å². The number of ether oxygens (including phenoxy) is 1. The van der Waals surface area contributed by atoms with Gasteiger partial charge in [0.15, 0.2) is 0 Å². The van der Waals surface area contributed by atoms with Crippen molar-refractivity contribution in [2.45, 2.75) is 25.4 Å². The molecule has 84 valence electrons. The summed E-state index contributed by atoms with van der Waals surface area (Å²) in [4.78, 5) is 10.6. The SMILES string of the molecule is COC(=O)CCNCCCC(F)(F)F. The van der Waals surface area contributed by atoms with Crippen LogP contribution >= 0.6 is 0 Å². The van der Waals surface area contributed by atoms with Crippen molar-refractivity contribution >= 4 is 5.97 Å². The fourth-order valence-corrected chi connectivity index (χ4v) is 0.831. The second-order valence-corrected chi connectivity index (χ2v) is 2.79. The molecule has 0 spiro atoms. The van der Waals surface area contributed by atoms with Gasteiger partial charge in [0.2, 0.25) is 0 Å². The Hall–Kier alpha value is -0.780. The van der Waals surface area contributed by atoms with Gasteiger partial charge in [0, 0.05) is 13.0 Å². The van der Waals surface area contributed by atoms with E-state index in [0.717, 1.165) is 0 Å². The van der Waals surface area contributed by atoms with Crippen molar-refractivity contribution in [3.05, 3.63) is 0 Å². The highest BCUT2D eigenvalue weighted by molar-refractivity contribution is 5.69. The van der Waals surface area contributed by atoms with Crippen molar-refractivity contribution in [2.24, 2.45) is 0 Å². The lowest BCUT2D eigenvalue weighted by atomic mass is 10.3. The molecule has 0 aromatic rings. The Morgan fingerprint density at radius 3 is 2.50 bits per heavy atom. The number of carbonyl (C=O) groups is 1. The predicted molar refractivity (Wildman–Crippen MR) is 44.8 cm³/mol. The molecule has 0 unspecified atom stereocenters. The molecule has 0 fully saturated rings. The van der Waals surface area contributed by atoms with Crippen LogP contribution in [-0.4, -0.2) is 32.3 Å². The molecule has 0 aromatic carbocycles. The Balaban J connectivity index is 3.18. The van der Waals surface area contributed by atoms with E-state index >= 15 is 0 Å². The number of nitrogens with one attached hydrogen (secondary N) is 1. The van der Waals surface area contributed by atoms with E-state index in [1.54, 1.807) is 0 Å². The van der Waals surface area contributed by atoms with Crippen LogP contribution in [0.15, 0.2) is 0 Å². The average Bonchev–Trinajstić information content (AvgIpc) is 2.08. The van der Waals surface area contributed by atoms with E-state index in [1.807, 2.05) is 0 Å². The van der Waals surface area contributed by atoms with E-state index in [1.165, 1.54) is 7.11 Å². The van der Waals surface area contributed by atoms with Gasteiger partial charge in [-0.05, 0) is 13.0 Å². The van der Waals surface area contributed by atoms with Crippen LogP contribution in [0.1, 0.15) is 19.3 Å². The summed E-state index contributed by atoms with van der Waals surface area (Å²) in [7, 11) is 1.27. The molecule has 3 nitrogen and oxygen atoms in total. The normalized spacial score (nSPS) is 11.4. The Kier molecular flexibility index (Phi) is 6.27. The van der Waals surface area contributed by atoms with E-state index in [0.29, 0.717) is 6.54 Å². The zero-order chi connectivity index (χ0) is 11.0. The van der Waals surface area contributed by atoms with Crippen molar-refractivity contribution in [3.63, 3.8) is 0 Å². The highest BCUT2D eigenvalue weighted by Gasteiger charge is 2.25. The third kappa shape index (κ3) is 9.31. The summed E-state index contributed by atoms with van der Waals surface area (Å²) in [5.41, 5.74) is 0. The van der Waals surface area contributed by atoms with Crippen LogP contribution < -0.4 is 5.32 Å². The molecule has 0 amide bonds. The molecule has 0 saturated heterocycles. The summed E-state index contributed by atoms with van der Waals surface area (Å²) in [6.07, 6.45) is -4.67. The lowest BCUT2D eigenvalue weighted by Gasteiger charge is -2.06. The first-order chi connectivity index (χ1) is 6.45. The third-order valence-electron chi connectivity index (χ3n) is 1.55. The fraction of sp³-hybridized carbons (Fsp3) is 0.875. The Morgan fingerprint density at radius 2 is 2.00 bits per heavy atom. The first kappa shape index (κ1) is 13.2. The van der Waals surface area contributed by atoms with E-state index < -0.39 is 12.6 Å². The van der Waals surface area contributed by atoms with Gasteiger partial charge in [-0.2, -0.15) is 13.2 Å². The molecule has 0 aliphatic carbocycles. The van der Waals surface area contributed by atoms with Crippen LogP contribution in [0.25, 0.3) is 0 Å². The van der Waals surface area contributed by atoms with Crippen LogP contribution in [0.4, 0.5) is 13.2 Å². The predicted octanol–water partition coefficient (Wildman–Crippen LogP) is 1.48. The molecule has 0 rings (SSSR count). The fourth-order valence-electron chi connectivity index (χ4n) is 0.831. The molecule has 0 atom stereocenters. The minimum atomic E-state index is -4.09. The first-order valence-corrected chi connectivity index (χ1v) is 4.30. The molecule has 0 heterocycles. The molecule has 6 heteroatoms. The summed E-state index contributed by atoms with van der Waals surface area (Å²) in [6, 6.07) is 0. The number of alkyl halides is 3. The van der Waals surface area contributed by atoms with Crippen molar-refractivity contribution in [1.29, 1.82) is 0 Å². The molecule has 1 N–H and O–H groups in total. The lowest BCUT2D eigenvalue weighted by molar-refractivity contribution is -0.140. The maximum absolute atomic E-state index is 11.6. The van der Waals surface area contributed by atoms with E-state index in [9.17, 15) is 18.0 Å². The average molecular weight is 213 g/mol. The Bertz CT molecular complexity index is 170. The molecule has 0 aromatic heterocycles. The summed E-state index contributed by atoms with van der Waals surface area (Å²) in [6.45, 7) is 0.612. The van der Waals surface area contributed by atoms with Crippen LogP contribution in [0.5, 0.6) is 0 Å². The van der Waals surface area contributed by atoms with Gasteiger partial charge in [-0.3, -0.25) is 4.79 Å². The van der Waals surface area contributed by atoms with Gasteiger partial charge >= 0.3 is 12.1 Å². The van der Waals surface area contributed by atoms with Gasteiger partial charge in [-0.15, -0.1) is 0 Å². The second kappa shape index (κ2) is 6.64. The van der Waals surface area contributed by atoms with Gasteiger partial charge in [0.05, 0.1) is 13.5 Å². The molecule has 14 heavy (non-hydrogen) atoms. The first-order valence-electron chi connectivity index (χ1n) is 4.30. The number of halogens is 3. The summed E-state index contributed by atoms with van der Waals surface area (Å²) >= 11 is 0. The highest BCUT2D eigenvalue weighted by Crippen LogP contribution is 2.20. The van der Waals surface area contributed by atoms with Crippen LogP contribution in [0, 0.1) is 0 Å². The monoisotopic (exact) mass is 213 g/mol. The zero-order valence-corrected chi connectivity index (χ0v) is 7.99. The molecule has 0 saturated carbocycles. The molecule has 0 radical (unpaired) electrons. The minimum absolute atomic E-state index is 0.0324. The van der Waals surface area contributed by atoms with Crippen LogP contribution in [0.2, 0.25) is 0 Å². The summed E-state index contributed by atoms with van der Waals surface area (Å²) in [5, 5.41) is 2.72. The van der Waals surface area contributed by atoms with Gasteiger partial charge in [0.1, 0.15) is 0 Å². The molecular weight excluding hydrogens is 199 g/mol. The second-order valence-electron chi connectivity index (χ2n) is 2.79. The number of hydrogen-bond donors (Lipinski definition) is 1. The van der Waals surface area contributed by atoms with Gasteiger partial charge < -0.3 is 10.1 Å². The van der Waals surface area contributed by atoms with Gasteiger partial charge in [-0.25, -0.2) is 0 Å². The van der Waals surface area contributed by atoms with Gasteiger partial charge in [-0.1, -0.05) is 0 Å². The molecular formula is C8H14F3NO2. The molecule has 0 aliphatic heterocycles. The summed E-state index contributed by atoms with van der Waals surface area (Å²) in [5.74, 6) is -0.367. The number of hydrogen-bond acceptors (Lipinski definition) is 3. The van der Waals surface area contributed by atoms with Gasteiger partial charge in [0.25, 0.3) is 0 Å². The van der Waals surface area contributed by atoms with Crippen LogP contribution in [-0.2, 0) is 9.53 Å². The quantitative estimate of drug-likeness (QED) is 0.536. The topological polar surface area (TPSA) is 38.3 Å². The lowest BCUT2D eigenvalue weighted by Crippen LogP contribution is -2.21. The van der Waals surface area contributed by atoms with Crippen LogP contribution in [0.3, 0.4) is 0 Å². The van der Waals surface area contributed by atoms with E-state index in [4.69, 9.17) is 0 Å². The standard InChI is InChI=1S/C8H14F3NO2/c1-14-7(13)3-6-12-5-2-4-8(9,10)11/h12H,2-6H2,1H3. The molecule has 0 aliphatic rings. The van der Waals surface area contributed by atoms with Crippen molar-refractivity contribution in [3.8, 4) is 0 Å². The Labute approximate surface area is 80.6 Å². The number of methoxy groups -OCH3 is 1. The minimum Gasteiger partial charge on any atom is -0.469 e. The third-order valence-corrected chi connectivity index (χ3v) is 1.55. The highest BCUT2D eigenvalue weighted by atomic mass is 19.4. The number of esters is 1. The zero-order valence-electron chi connectivity index (χ0n) is 7.99. The maximum Gasteiger partial charge on any atom is 0.389 e. The number of rotatable bonds is 6. The smallest absolute Gasteiger partial charge is 0.389 e. The summed E-state index contributed by atoms with van der Waals surface area (Å²) < 4.78 is 39.3. The van der Waals surface area contributed by atoms with Crippen molar-refractivity contribution in [1.82, 2.24) is 5.32 Å². The number of carbonyl (C=O) groups excluding carboxylic acids is 1. The largest absolute Gasteiger partial charge is 0.469 e. The van der Waals surface area contributed by atoms with Crippen molar-refractivity contribution < 1.29 is 22.7 Å².